The number of aryl methyl sites for hydroxylation is 2. The molecule has 0 aliphatic rings. The van der Waals surface area contributed by atoms with E-state index in [-0.39, 0.29) is 19.1 Å². The molecule has 0 radical (unpaired) electrons. The molecule has 0 bridgehead atoms. The van der Waals surface area contributed by atoms with Crippen LogP contribution in [0.25, 0.3) is 0 Å². The minimum absolute atomic E-state index is 0.163. The van der Waals surface area contributed by atoms with E-state index in [0.29, 0.717) is 11.5 Å². The van der Waals surface area contributed by atoms with Gasteiger partial charge in [0.2, 0.25) is 0 Å². The van der Waals surface area contributed by atoms with Crippen LogP contribution in [0.4, 0.5) is 0 Å². The number of ether oxygens (including phenoxy) is 1. The summed E-state index contributed by atoms with van der Waals surface area (Å²) in [5.41, 5.74) is 2.57. The van der Waals surface area contributed by atoms with Gasteiger partial charge in [0.25, 0.3) is 0 Å². The van der Waals surface area contributed by atoms with Crippen molar-refractivity contribution in [1.82, 2.24) is 20.4 Å². The zero-order valence-electron chi connectivity index (χ0n) is 16.6. The van der Waals surface area contributed by atoms with Crippen LogP contribution < -0.4 is 15.4 Å². The van der Waals surface area contributed by atoms with Crippen molar-refractivity contribution < 1.29 is 18.7 Å². The van der Waals surface area contributed by atoms with E-state index < -0.39 is 11.8 Å². The summed E-state index contributed by atoms with van der Waals surface area (Å²) in [5.74, 6) is -0.151. The lowest BCUT2D eigenvalue weighted by Gasteiger charge is -2.18. The van der Waals surface area contributed by atoms with E-state index >= 15 is 0 Å². The Hall–Kier alpha value is -3.55. The van der Waals surface area contributed by atoms with Gasteiger partial charge in [-0.15, -0.1) is 0 Å². The fourth-order valence-corrected chi connectivity index (χ4v) is 3.12. The number of aromatic nitrogens is 2. The van der Waals surface area contributed by atoms with E-state index in [4.69, 9.17) is 9.15 Å². The fraction of sp³-hybridized carbons (Fsp3) is 0.286. The van der Waals surface area contributed by atoms with Crippen molar-refractivity contribution in [2.45, 2.75) is 26.4 Å². The highest BCUT2D eigenvalue weighted by molar-refractivity contribution is 6.35. The number of methoxy groups -OCH3 is 1. The number of rotatable bonds is 7. The number of hydrogen-bond donors (Lipinski definition) is 2. The molecule has 1 unspecified atom stereocenters. The van der Waals surface area contributed by atoms with Gasteiger partial charge in [-0.05, 0) is 38.1 Å². The standard InChI is InChI=1S/C21H24N4O4/c1-14-11-15(2)25(24-14)17(19-9-6-10-29-19)13-23-21(27)20(26)22-12-16-7-4-5-8-18(16)28-3/h4-11,17H,12-13H2,1-3H3,(H,22,26)(H,23,27). The van der Waals surface area contributed by atoms with Gasteiger partial charge in [0.1, 0.15) is 17.6 Å². The zero-order valence-corrected chi connectivity index (χ0v) is 16.6. The van der Waals surface area contributed by atoms with Gasteiger partial charge in [-0.25, -0.2) is 0 Å². The van der Waals surface area contributed by atoms with Crippen molar-refractivity contribution in [3.8, 4) is 5.75 Å². The topological polar surface area (TPSA) is 98.4 Å². The van der Waals surface area contributed by atoms with Gasteiger partial charge in [0.15, 0.2) is 0 Å². The summed E-state index contributed by atoms with van der Waals surface area (Å²) in [6.45, 7) is 4.18. The van der Waals surface area contributed by atoms with Crippen molar-refractivity contribution in [1.29, 1.82) is 0 Å². The SMILES string of the molecule is COc1ccccc1CNC(=O)C(=O)NCC(c1ccco1)n1nc(C)cc1C. The predicted molar refractivity (Wildman–Crippen MR) is 106 cm³/mol. The van der Waals surface area contributed by atoms with E-state index in [9.17, 15) is 9.59 Å². The molecule has 0 fully saturated rings. The number of carbonyl (C=O) groups excluding carboxylic acids is 2. The molecule has 2 N–H and O–H groups in total. The second kappa shape index (κ2) is 9.09. The number of benzene rings is 1. The zero-order chi connectivity index (χ0) is 20.8. The van der Waals surface area contributed by atoms with Gasteiger partial charge in [0.05, 0.1) is 19.1 Å². The molecule has 2 aromatic heterocycles. The molecule has 29 heavy (non-hydrogen) atoms. The Morgan fingerprint density at radius 2 is 1.90 bits per heavy atom. The molecule has 0 spiro atoms. The maximum atomic E-state index is 12.3. The lowest BCUT2D eigenvalue weighted by Crippen LogP contribution is -2.42. The molecule has 8 heteroatoms. The summed E-state index contributed by atoms with van der Waals surface area (Å²) in [4.78, 5) is 24.5. The van der Waals surface area contributed by atoms with Crippen LogP contribution >= 0.6 is 0 Å². The van der Waals surface area contributed by atoms with Crippen molar-refractivity contribution in [3.05, 3.63) is 71.4 Å². The summed E-state index contributed by atoms with van der Waals surface area (Å²) in [6.07, 6.45) is 1.57. The highest BCUT2D eigenvalue weighted by atomic mass is 16.5. The maximum Gasteiger partial charge on any atom is 0.309 e. The van der Waals surface area contributed by atoms with Crippen LogP contribution in [0, 0.1) is 13.8 Å². The van der Waals surface area contributed by atoms with Crippen LogP contribution in [0.5, 0.6) is 5.75 Å². The van der Waals surface area contributed by atoms with E-state index in [1.54, 1.807) is 30.2 Å². The number of nitrogens with zero attached hydrogens (tertiary/aromatic N) is 2. The minimum Gasteiger partial charge on any atom is -0.496 e. The number of amides is 2. The maximum absolute atomic E-state index is 12.3. The monoisotopic (exact) mass is 396 g/mol. The summed E-state index contributed by atoms with van der Waals surface area (Å²) in [6, 6.07) is 12.5. The largest absolute Gasteiger partial charge is 0.496 e. The Kier molecular flexibility index (Phi) is 6.33. The lowest BCUT2D eigenvalue weighted by molar-refractivity contribution is -0.139. The van der Waals surface area contributed by atoms with Crippen LogP contribution in [-0.4, -0.2) is 35.2 Å². The number of carbonyl (C=O) groups is 2. The molecule has 2 amide bonds. The molecule has 2 heterocycles. The van der Waals surface area contributed by atoms with Crippen molar-refractivity contribution in [2.24, 2.45) is 0 Å². The third-order valence-electron chi connectivity index (χ3n) is 4.51. The van der Waals surface area contributed by atoms with Crippen LogP contribution in [0.2, 0.25) is 0 Å². The molecule has 1 atom stereocenters. The first kappa shape index (κ1) is 20.2. The van der Waals surface area contributed by atoms with Gasteiger partial charge < -0.3 is 19.8 Å². The van der Waals surface area contributed by atoms with E-state index in [2.05, 4.69) is 15.7 Å². The summed E-state index contributed by atoms with van der Waals surface area (Å²) < 4.78 is 12.5. The number of furan rings is 1. The number of hydrogen-bond acceptors (Lipinski definition) is 5. The van der Waals surface area contributed by atoms with Crippen LogP contribution in [0.15, 0.2) is 53.1 Å². The second-order valence-corrected chi connectivity index (χ2v) is 6.61. The van der Waals surface area contributed by atoms with Gasteiger partial charge in [-0.3, -0.25) is 14.3 Å². The third-order valence-corrected chi connectivity index (χ3v) is 4.51. The van der Waals surface area contributed by atoms with Crippen molar-refractivity contribution >= 4 is 11.8 Å². The van der Waals surface area contributed by atoms with Crippen LogP contribution in [0.3, 0.4) is 0 Å². The molecule has 0 saturated heterocycles. The number of para-hydroxylation sites is 1. The highest BCUT2D eigenvalue weighted by Gasteiger charge is 2.22. The summed E-state index contributed by atoms with van der Waals surface area (Å²) >= 11 is 0. The summed E-state index contributed by atoms with van der Waals surface area (Å²) in [7, 11) is 1.56. The quantitative estimate of drug-likeness (QED) is 0.596. The predicted octanol–water partition coefficient (Wildman–Crippen LogP) is 2.12. The van der Waals surface area contributed by atoms with Gasteiger partial charge in [-0.1, -0.05) is 18.2 Å². The number of nitrogens with one attached hydrogen (secondary N) is 2. The Bertz CT molecular complexity index is 978. The molecular formula is C21H24N4O4. The fourth-order valence-electron chi connectivity index (χ4n) is 3.12. The molecular weight excluding hydrogens is 372 g/mol. The minimum atomic E-state index is -0.724. The van der Waals surface area contributed by atoms with Gasteiger partial charge in [-0.2, -0.15) is 5.10 Å². The normalized spacial score (nSPS) is 11.7. The highest BCUT2D eigenvalue weighted by Crippen LogP contribution is 2.20. The van der Waals surface area contributed by atoms with E-state index in [1.165, 1.54) is 0 Å². The van der Waals surface area contributed by atoms with E-state index in [0.717, 1.165) is 17.0 Å². The third kappa shape index (κ3) is 4.84. The Balaban J connectivity index is 1.62. The van der Waals surface area contributed by atoms with Gasteiger partial charge >= 0.3 is 11.8 Å². The molecule has 1 aromatic carbocycles. The first-order valence-electron chi connectivity index (χ1n) is 9.23. The molecule has 152 valence electrons. The summed E-state index contributed by atoms with van der Waals surface area (Å²) in [5, 5.41) is 9.75. The molecule has 0 saturated carbocycles. The first-order chi connectivity index (χ1) is 14.0. The molecule has 3 rings (SSSR count). The Morgan fingerprint density at radius 3 is 2.55 bits per heavy atom. The molecule has 3 aromatic rings. The average Bonchev–Trinajstić information content (AvgIpc) is 3.36. The molecule has 0 aliphatic heterocycles. The van der Waals surface area contributed by atoms with E-state index in [1.807, 2.05) is 44.2 Å². The average molecular weight is 396 g/mol. The molecule has 0 aliphatic carbocycles. The molecule has 8 nitrogen and oxygen atoms in total. The van der Waals surface area contributed by atoms with Gasteiger partial charge in [0, 0.05) is 24.3 Å². The Labute approximate surface area is 168 Å². The van der Waals surface area contributed by atoms with Crippen LogP contribution in [-0.2, 0) is 16.1 Å². The smallest absolute Gasteiger partial charge is 0.309 e. The Morgan fingerprint density at radius 1 is 1.14 bits per heavy atom. The van der Waals surface area contributed by atoms with Crippen molar-refractivity contribution in [2.75, 3.05) is 13.7 Å². The van der Waals surface area contributed by atoms with Crippen molar-refractivity contribution in [3.63, 3.8) is 0 Å². The first-order valence-corrected chi connectivity index (χ1v) is 9.23. The second-order valence-electron chi connectivity index (χ2n) is 6.61. The van der Waals surface area contributed by atoms with Crippen LogP contribution in [0.1, 0.15) is 28.8 Å². The lowest BCUT2D eigenvalue weighted by atomic mass is 10.2.